The molecule has 0 aliphatic rings. The Morgan fingerprint density at radius 2 is 1.89 bits per heavy atom. The van der Waals surface area contributed by atoms with Gasteiger partial charge in [-0.1, -0.05) is 44.2 Å². The quantitative estimate of drug-likeness (QED) is 0.737. The number of carbonyl (C=O) groups is 1. The summed E-state index contributed by atoms with van der Waals surface area (Å²) >= 11 is 0. The highest BCUT2D eigenvalue weighted by atomic mass is 35.5. The van der Waals surface area contributed by atoms with E-state index in [1.165, 1.54) is 0 Å². The number of rotatable bonds is 6. The van der Waals surface area contributed by atoms with Gasteiger partial charge in [-0.15, -0.1) is 12.4 Å². The standard InChI is InChI=1S/C14H22N2O2.ClH/c1-10(2)13(15)14(18)16-8-12(9-17)11-6-4-3-5-7-11;/h3-7,10,12-13,17H,8-9,15H2,1-2H3,(H,16,18);1H/t12?,13-;/m0./s1. The van der Waals surface area contributed by atoms with Crippen LogP contribution in [0.25, 0.3) is 0 Å². The molecule has 0 aliphatic carbocycles. The lowest BCUT2D eigenvalue weighted by atomic mass is 9.99. The summed E-state index contributed by atoms with van der Waals surface area (Å²) in [6.45, 7) is 4.22. The molecule has 0 bridgehead atoms. The molecule has 0 radical (unpaired) electrons. The van der Waals surface area contributed by atoms with Gasteiger partial charge in [-0.05, 0) is 11.5 Å². The van der Waals surface area contributed by atoms with Gasteiger partial charge in [0, 0.05) is 12.5 Å². The van der Waals surface area contributed by atoms with Crippen LogP contribution >= 0.6 is 12.4 Å². The van der Waals surface area contributed by atoms with Crippen LogP contribution in [0.15, 0.2) is 30.3 Å². The topological polar surface area (TPSA) is 75.4 Å². The van der Waals surface area contributed by atoms with Crippen molar-refractivity contribution in [3.8, 4) is 0 Å². The molecule has 0 aliphatic heterocycles. The molecule has 5 heteroatoms. The maximum atomic E-state index is 11.7. The molecular weight excluding hydrogens is 264 g/mol. The van der Waals surface area contributed by atoms with Crippen LogP contribution < -0.4 is 11.1 Å². The Morgan fingerprint density at radius 1 is 1.32 bits per heavy atom. The average Bonchev–Trinajstić information content (AvgIpc) is 2.39. The van der Waals surface area contributed by atoms with Gasteiger partial charge >= 0.3 is 0 Å². The molecule has 0 saturated heterocycles. The largest absolute Gasteiger partial charge is 0.396 e. The Balaban J connectivity index is 0.00000324. The van der Waals surface area contributed by atoms with Crippen LogP contribution in [0, 0.1) is 5.92 Å². The maximum absolute atomic E-state index is 11.7. The highest BCUT2D eigenvalue weighted by Gasteiger charge is 2.18. The van der Waals surface area contributed by atoms with E-state index in [2.05, 4.69) is 5.32 Å². The number of halogens is 1. The molecule has 1 unspecified atom stereocenters. The summed E-state index contributed by atoms with van der Waals surface area (Å²) in [6, 6.07) is 9.13. The van der Waals surface area contributed by atoms with Crippen LogP contribution in [0.4, 0.5) is 0 Å². The Morgan fingerprint density at radius 3 is 2.37 bits per heavy atom. The zero-order chi connectivity index (χ0) is 13.5. The first kappa shape index (κ1) is 17.9. The molecule has 1 rings (SSSR count). The molecule has 0 spiro atoms. The Kier molecular flexibility index (Phi) is 8.39. The highest BCUT2D eigenvalue weighted by molar-refractivity contribution is 5.85. The van der Waals surface area contributed by atoms with E-state index in [1.807, 2.05) is 44.2 Å². The second-order valence-corrected chi connectivity index (χ2v) is 4.81. The minimum absolute atomic E-state index is 0. The number of hydrogen-bond acceptors (Lipinski definition) is 3. The van der Waals surface area contributed by atoms with E-state index in [9.17, 15) is 9.90 Å². The highest BCUT2D eigenvalue weighted by Crippen LogP contribution is 2.13. The fraction of sp³-hybridized carbons (Fsp3) is 0.500. The number of nitrogens with one attached hydrogen (secondary N) is 1. The van der Waals surface area contributed by atoms with Gasteiger partial charge in [0.05, 0.1) is 12.6 Å². The first-order valence-electron chi connectivity index (χ1n) is 6.25. The van der Waals surface area contributed by atoms with Crippen LogP contribution in [0.5, 0.6) is 0 Å². The predicted molar refractivity (Wildman–Crippen MR) is 79.3 cm³/mol. The van der Waals surface area contributed by atoms with Gasteiger partial charge in [0.2, 0.25) is 5.91 Å². The van der Waals surface area contributed by atoms with Crippen molar-refractivity contribution in [1.82, 2.24) is 5.32 Å². The molecule has 1 amide bonds. The average molecular weight is 287 g/mol. The van der Waals surface area contributed by atoms with Crippen LogP contribution in [0.1, 0.15) is 25.3 Å². The molecule has 0 fully saturated rings. The molecule has 0 heterocycles. The Bertz CT molecular complexity index is 371. The van der Waals surface area contributed by atoms with Gasteiger partial charge in [0.25, 0.3) is 0 Å². The molecule has 108 valence electrons. The smallest absolute Gasteiger partial charge is 0.237 e. The lowest BCUT2D eigenvalue weighted by Gasteiger charge is -2.19. The molecular formula is C14H23ClN2O2. The van der Waals surface area contributed by atoms with E-state index in [0.717, 1.165) is 5.56 Å². The predicted octanol–water partition coefficient (Wildman–Crippen LogP) is 1.28. The number of benzene rings is 1. The molecule has 2 atom stereocenters. The van der Waals surface area contributed by atoms with Crippen LogP contribution in [-0.4, -0.2) is 30.2 Å². The van der Waals surface area contributed by atoms with Crippen molar-refractivity contribution in [1.29, 1.82) is 0 Å². The van der Waals surface area contributed by atoms with Crippen molar-refractivity contribution < 1.29 is 9.90 Å². The molecule has 4 N–H and O–H groups in total. The van der Waals surface area contributed by atoms with Crippen molar-refractivity contribution in [2.24, 2.45) is 11.7 Å². The third-order valence-electron chi connectivity index (χ3n) is 3.04. The van der Waals surface area contributed by atoms with E-state index in [1.54, 1.807) is 0 Å². The molecule has 1 aromatic rings. The van der Waals surface area contributed by atoms with Gasteiger partial charge in [-0.2, -0.15) is 0 Å². The molecule has 0 aromatic heterocycles. The lowest BCUT2D eigenvalue weighted by Crippen LogP contribution is -2.45. The number of hydrogen-bond donors (Lipinski definition) is 3. The SMILES string of the molecule is CC(C)[C@H](N)C(=O)NCC(CO)c1ccccc1.Cl. The summed E-state index contributed by atoms with van der Waals surface area (Å²) in [5.74, 6) is -0.150. The van der Waals surface area contributed by atoms with E-state index < -0.39 is 6.04 Å². The van der Waals surface area contributed by atoms with Crippen LogP contribution in [0.2, 0.25) is 0 Å². The minimum atomic E-state index is -0.500. The van der Waals surface area contributed by atoms with Gasteiger partial charge in [-0.25, -0.2) is 0 Å². The maximum Gasteiger partial charge on any atom is 0.237 e. The van der Waals surface area contributed by atoms with Crippen molar-refractivity contribution in [2.75, 3.05) is 13.2 Å². The van der Waals surface area contributed by atoms with Crippen LogP contribution in [-0.2, 0) is 4.79 Å². The summed E-state index contributed by atoms with van der Waals surface area (Å²) in [5.41, 5.74) is 6.76. The van der Waals surface area contributed by atoms with Crippen molar-refractivity contribution in [3.05, 3.63) is 35.9 Å². The zero-order valence-corrected chi connectivity index (χ0v) is 12.2. The summed E-state index contributed by atoms with van der Waals surface area (Å²) in [6.07, 6.45) is 0. The van der Waals surface area contributed by atoms with E-state index in [0.29, 0.717) is 6.54 Å². The van der Waals surface area contributed by atoms with Gasteiger partial charge in [0.15, 0.2) is 0 Å². The number of carbonyl (C=O) groups excluding carboxylic acids is 1. The fourth-order valence-corrected chi connectivity index (χ4v) is 1.66. The van der Waals surface area contributed by atoms with Crippen molar-refractivity contribution >= 4 is 18.3 Å². The van der Waals surface area contributed by atoms with E-state index in [4.69, 9.17) is 5.73 Å². The second-order valence-electron chi connectivity index (χ2n) is 4.81. The van der Waals surface area contributed by atoms with Gasteiger partial charge in [0.1, 0.15) is 0 Å². The summed E-state index contributed by atoms with van der Waals surface area (Å²) in [5, 5.41) is 12.1. The van der Waals surface area contributed by atoms with E-state index in [-0.39, 0.29) is 36.8 Å². The summed E-state index contributed by atoms with van der Waals surface area (Å²) in [7, 11) is 0. The molecule has 4 nitrogen and oxygen atoms in total. The normalized spacial score (nSPS) is 13.5. The molecule has 19 heavy (non-hydrogen) atoms. The Labute approximate surface area is 120 Å². The third-order valence-corrected chi connectivity index (χ3v) is 3.04. The molecule has 1 aromatic carbocycles. The summed E-state index contributed by atoms with van der Waals surface area (Å²) in [4.78, 5) is 11.7. The van der Waals surface area contributed by atoms with Gasteiger partial charge < -0.3 is 16.2 Å². The number of amides is 1. The lowest BCUT2D eigenvalue weighted by molar-refractivity contribution is -0.123. The van der Waals surface area contributed by atoms with E-state index >= 15 is 0 Å². The minimum Gasteiger partial charge on any atom is -0.396 e. The number of aliphatic hydroxyl groups is 1. The van der Waals surface area contributed by atoms with Crippen LogP contribution in [0.3, 0.4) is 0 Å². The van der Waals surface area contributed by atoms with Crippen molar-refractivity contribution in [3.63, 3.8) is 0 Å². The van der Waals surface area contributed by atoms with Gasteiger partial charge in [-0.3, -0.25) is 4.79 Å². The Hall–Kier alpha value is -1.10. The summed E-state index contributed by atoms with van der Waals surface area (Å²) < 4.78 is 0. The molecule has 0 saturated carbocycles. The first-order chi connectivity index (χ1) is 8.56. The zero-order valence-electron chi connectivity index (χ0n) is 11.4. The monoisotopic (exact) mass is 286 g/mol. The number of aliphatic hydroxyl groups excluding tert-OH is 1. The third kappa shape index (κ3) is 5.59. The second kappa shape index (κ2) is 8.91. The first-order valence-corrected chi connectivity index (χ1v) is 6.25. The fourth-order valence-electron chi connectivity index (χ4n) is 1.66. The number of nitrogens with two attached hydrogens (primary N) is 1. The van der Waals surface area contributed by atoms with Crippen molar-refractivity contribution in [2.45, 2.75) is 25.8 Å².